The molecule has 1 N–H and O–H groups in total. The van der Waals surface area contributed by atoms with Crippen molar-refractivity contribution >= 4 is 11.7 Å². The summed E-state index contributed by atoms with van der Waals surface area (Å²) in [5, 5.41) is 7.84. The standard InChI is InChI=1S/C12H19N5OS/c1-4-6-13-11(9-7-15-19-16-9)12-10(18-3)8-14-17(12)5-2/h7-8,11,13H,4-6H2,1-3H3. The van der Waals surface area contributed by atoms with Gasteiger partial charge in [-0.05, 0) is 19.9 Å². The van der Waals surface area contributed by atoms with E-state index in [0.717, 1.165) is 36.6 Å². The fraction of sp³-hybridized carbons (Fsp3) is 0.583. The molecule has 0 fully saturated rings. The van der Waals surface area contributed by atoms with Gasteiger partial charge in [0.15, 0.2) is 5.75 Å². The lowest BCUT2D eigenvalue weighted by Crippen LogP contribution is -2.26. The van der Waals surface area contributed by atoms with Gasteiger partial charge in [-0.25, -0.2) is 0 Å². The highest BCUT2D eigenvalue weighted by Gasteiger charge is 2.24. The van der Waals surface area contributed by atoms with Crippen LogP contribution in [0.3, 0.4) is 0 Å². The number of nitrogens with zero attached hydrogens (tertiary/aromatic N) is 4. The van der Waals surface area contributed by atoms with Crippen LogP contribution in [0.15, 0.2) is 12.4 Å². The third-order valence-corrected chi connectivity index (χ3v) is 3.40. The Morgan fingerprint density at radius 3 is 2.84 bits per heavy atom. The molecule has 0 aliphatic carbocycles. The van der Waals surface area contributed by atoms with E-state index in [1.54, 1.807) is 19.5 Å². The molecule has 7 heteroatoms. The average molecular weight is 281 g/mol. The van der Waals surface area contributed by atoms with Crippen molar-refractivity contribution in [3.05, 3.63) is 23.8 Å². The van der Waals surface area contributed by atoms with Crippen molar-refractivity contribution in [2.24, 2.45) is 0 Å². The van der Waals surface area contributed by atoms with Crippen LogP contribution >= 0.6 is 11.7 Å². The van der Waals surface area contributed by atoms with E-state index in [9.17, 15) is 0 Å². The Labute approximate surface area is 117 Å². The maximum absolute atomic E-state index is 5.42. The van der Waals surface area contributed by atoms with E-state index in [4.69, 9.17) is 4.74 Å². The Morgan fingerprint density at radius 2 is 2.26 bits per heavy atom. The van der Waals surface area contributed by atoms with Crippen LogP contribution in [0.5, 0.6) is 5.75 Å². The van der Waals surface area contributed by atoms with Crippen molar-refractivity contribution in [2.75, 3.05) is 13.7 Å². The third kappa shape index (κ3) is 2.93. The van der Waals surface area contributed by atoms with E-state index in [-0.39, 0.29) is 6.04 Å². The normalized spacial score (nSPS) is 12.6. The summed E-state index contributed by atoms with van der Waals surface area (Å²) in [4.78, 5) is 0. The predicted octanol–water partition coefficient (Wildman–Crippen LogP) is 1.85. The Balaban J connectivity index is 2.39. The largest absolute Gasteiger partial charge is 0.493 e. The number of hydrogen-bond acceptors (Lipinski definition) is 6. The van der Waals surface area contributed by atoms with Crippen molar-refractivity contribution in [1.82, 2.24) is 23.8 Å². The monoisotopic (exact) mass is 281 g/mol. The number of aryl methyl sites for hydroxylation is 1. The Morgan fingerprint density at radius 1 is 1.42 bits per heavy atom. The van der Waals surface area contributed by atoms with Crippen LogP contribution in [0.25, 0.3) is 0 Å². The molecule has 104 valence electrons. The molecule has 2 rings (SSSR count). The highest BCUT2D eigenvalue weighted by Crippen LogP contribution is 2.29. The van der Waals surface area contributed by atoms with E-state index >= 15 is 0 Å². The van der Waals surface area contributed by atoms with Gasteiger partial charge >= 0.3 is 0 Å². The highest BCUT2D eigenvalue weighted by atomic mass is 32.1. The molecular formula is C12H19N5OS. The molecule has 0 bridgehead atoms. The quantitative estimate of drug-likeness (QED) is 0.839. The maximum Gasteiger partial charge on any atom is 0.161 e. The topological polar surface area (TPSA) is 64.9 Å². The van der Waals surface area contributed by atoms with Crippen molar-refractivity contribution in [3.8, 4) is 5.75 Å². The minimum absolute atomic E-state index is 0.0314. The van der Waals surface area contributed by atoms with Gasteiger partial charge in [0.1, 0.15) is 5.69 Å². The molecule has 0 aliphatic rings. The Bertz CT molecular complexity index is 475. The minimum Gasteiger partial charge on any atom is -0.493 e. The fourth-order valence-electron chi connectivity index (χ4n) is 2.01. The van der Waals surface area contributed by atoms with E-state index in [2.05, 4.69) is 33.0 Å². The highest BCUT2D eigenvalue weighted by molar-refractivity contribution is 6.99. The van der Waals surface area contributed by atoms with Crippen LogP contribution in [0.4, 0.5) is 0 Å². The lowest BCUT2D eigenvalue weighted by molar-refractivity contribution is 0.398. The van der Waals surface area contributed by atoms with Crippen LogP contribution in [-0.4, -0.2) is 32.2 Å². The van der Waals surface area contributed by atoms with E-state index in [1.165, 1.54) is 11.7 Å². The van der Waals surface area contributed by atoms with E-state index in [1.807, 2.05) is 4.68 Å². The van der Waals surface area contributed by atoms with Gasteiger partial charge in [-0.15, -0.1) is 0 Å². The molecule has 1 atom stereocenters. The molecule has 2 heterocycles. The fourth-order valence-corrected chi connectivity index (χ4v) is 2.46. The summed E-state index contributed by atoms with van der Waals surface area (Å²) >= 11 is 1.22. The number of rotatable bonds is 7. The summed E-state index contributed by atoms with van der Waals surface area (Å²) in [6, 6.07) is -0.0314. The first-order chi connectivity index (χ1) is 9.31. The molecule has 6 nitrogen and oxygen atoms in total. The molecule has 0 aliphatic heterocycles. The average Bonchev–Trinajstić information content (AvgIpc) is 3.08. The van der Waals surface area contributed by atoms with Gasteiger partial charge in [0.2, 0.25) is 0 Å². The first-order valence-corrected chi connectivity index (χ1v) is 7.15. The zero-order valence-electron chi connectivity index (χ0n) is 11.5. The lowest BCUT2D eigenvalue weighted by atomic mass is 10.1. The maximum atomic E-state index is 5.42. The van der Waals surface area contributed by atoms with E-state index < -0.39 is 0 Å². The molecule has 0 amide bonds. The first kappa shape index (κ1) is 14.0. The zero-order valence-corrected chi connectivity index (χ0v) is 12.3. The molecular weight excluding hydrogens is 262 g/mol. The van der Waals surface area contributed by atoms with Gasteiger partial charge in [0, 0.05) is 6.54 Å². The van der Waals surface area contributed by atoms with Gasteiger partial charge in [0.05, 0.1) is 43.0 Å². The van der Waals surface area contributed by atoms with Crippen LogP contribution in [0, 0.1) is 0 Å². The van der Waals surface area contributed by atoms with Crippen molar-refractivity contribution in [2.45, 2.75) is 32.9 Å². The summed E-state index contributed by atoms with van der Waals surface area (Å²) in [6.45, 7) is 5.89. The number of hydrogen-bond donors (Lipinski definition) is 1. The molecule has 0 spiro atoms. The first-order valence-electron chi connectivity index (χ1n) is 6.42. The molecule has 1 unspecified atom stereocenters. The van der Waals surface area contributed by atoms with Crippen molar-refractivity contribution in [3.63, 3.8) is 0 Å². The van der Waals surface area contributed by atoms with Gasteiger partial charge in [-0.2, -0.15) is 13.8 Å². The molecule has 0 aromatic carbocycles. The number of nitrogens with one attached hydrogen (secondary N) is 1. The van der Waals surface area contributed by atoms with Crippen LogP contribution in [-0.2, 0) is 6.54 Å². The Kier molecular flexibility index (Phi) is 4.86. The molecule has 19 heavy (non-hydrogen) atoms. The van der Waals surface area contributed by atoms with Crippen molar-refractivity contribution in [1.29, 1.82) is 0 Å². The second kappa shape index (κ2) is 6.63. The molecule has 2 aromatic rings. The molecule has 0 saturated heterocycles. The number of ether oxygens (including phenoxy) is 1. The van der Waals surface area contributed by atoms with Gasteiger partial charge in [-0.1, -0.05) is 6.92 Å². The SMILES string of the molecule is CCCNC(c1cnsn1)c1c(OC)cnn1CC. The number of methoxy groups -OCH3 is 1. The summed E-state index contributed by atoms with van der Waals surface area (Å²) in [6.07, 6.45) is 4.60. The Hall–Kier alpha value is -1.47. The number of aromatic nitrogens is 4. The second-order valence-corrected chi connectivity index (χ2v) is 4.69. The molecule has 2 aromatic heterocycles. The van der Waals surface area contributed by atoms with Crippen LogP contribution in [0.1, 0.15) is 37.7 Å². The van der Waals surface area contributed by atoms with E-state index in [0.29, 0.717) is 0 Å². The second-order valence-electron chi connectivity index (χ2n) is 4.13. The van der Waals surface area contributed by atoms with Gasteiger partial charge in [-0.3, -0.25) is 4.68 Å². The van der Waals surface area contributed by atoms with Crippen LogP contribution in [0.2, 0.25) is 0 Å². The summed E-state index contributed by atoms with van der Waals surface area (Å²) in [7, 11) is 1.66. The van der Waals surface area contributed by atoms with Crippen molar-refractivity contribution < 1.29 is 4.74 Å². The summed E-state index contributed by atoms with van der Waals surface area (Å²) < 4.78 is 15.8. The summed E-state index contributed by atoms with van der Waals surface area (Å²) in [5.41, 5.74) is 1.91. The molecule has 0 saturated carbocycles. The van der Waals surface area contributed by atoms with Crippen LogP contribution < -0.4 is 10.1 Å². The smallest absolute Gasteiger partial charge is 0.161 e. The lowest BCUT2D eigenvalue weighted by Gasteiger charge is -2.18. The minimum atomic E-state index is -0.0314. The summed E-state index contributed by atoms with van der Waals surface area (Å²) in [5.74, 6) is 0.781. The van der Waals surface area contributed by atoms with Gasteiger partial charge < -0.3 is 10.1 Å². The zero-order chi connectivity index (χ0) is 13.7. The predicted molar refractivity (Wildman–Crippen MR) is 74.5 cm³/mol. The third-order valence-electron chi connectivity index (χ3n) is 2.91. The molecule has 0 radical (unpaired) electrons. The van der Waals surface area contributed by atoms with Gasteiger partial charge in [0.25, 0.3) is 0 Å².